The van der Waals surface area contributed by atoms with Crippen molar-refractivity contribution in [3.8, 4) is 16.9 Å². The van der Waals surface area contributed by atoms with Gasteiger partial charge in [-0.25, -0.2) is 9.97 Å². The summed E-state index contributed by atoms with van der Waals surface area (Å²) in [5.74, 6) is 1.36. The Morgan fingerprint density at radius 1 is 0.857 bits per heavy atom. The van der Waals surface area contributed by atoms with Gasteiger partial charge in [-0.1, -0.05) is 48.5 Å². The van der Waals surface area contributed by atoms with Crippen LogP contribution in [0, 0.1) is 0 Å². The number of anilines is 2. The Morgan fingerprint density at radius 3 is 2.46 bits per heavy atom. The second-order valence-electron chi connectivity index (χ2n) is 6.29. The number of para-hydroxylation sites is 1. The molecule has 0 saturated heterocycles. The molecule has 1 heterocycles. The normalized spacial score (nSPS) is 10.8. The molecule has 0 radical (unpaired) electrons. The van der Waals surface area contributed by atoms with Crippen molar-refractivity contribution in [2.24, 2.45) is 0 Å². The van der Waals surface area contributed by atoms with Crippen LogP contribution < -0.4 is 10.1 Å². The maximum Gasteiger partial charge on any atom is 0.227 e. The molecule has 0 aliphatic heterocycles. The Kier molecular flexibility index (Phi) is 5.45. The van der Waals surface area contributed by atoms with E-state index >= 15 is 0 Å². The van der Waals surface area contributed by atoms with E-state index in [1.165, 1.54) is 0 Å². The fraction of sp³-hybridized carbons (Fsp3) is 0.130. The number of hydrogen-bond acceptors (Lipinski definition) is 5. The van der Waals surface area contributed by atoms with Crippen LogP contribution in [-0.4, -0.2) is 30.3 Å². The van der Waals surface area contributed by atoms with E-state index in [9.17, 15) is 0 Å². The van der Waals surface area contributed by atoms with Crippen molar-refractivity contribution < 1.29 is 9.47 Å². The highest BCUT2D eigenvalue weighted by Crippen LogP contribution is 2.28. The van der Waals surface area contributed by atoms with Gasteiger partial charge in [-0.15, -0.1) is 0 Å². The number of nitrogens with one attached hydrogen (secondary N) is 1. The average molecular weight is 371 g/mol. The molecule has 140 valence electrons. The summed E-state index contributed by atoms with van der Waals surface area (Å²) < 4.78 is 10.6. The lowest BCUT2D eigenvalue weighted by Gasteiger charge is -2.10. The molecule has 0 amide bonds. The molecule has 1 N–H and O–H groups in total. The van der Waals surface area contributed by atoms with E-state index in [1.54, 1.807) is 7.11 Å². The van der Waals surface area contributed by atoms with Gasteiger partial charge in [-0.3, -0.25) is 0 Å². The predicted molar refractivity (Wildman–Crippen MR) is 112 cm³/mol. The van der Waals surface area contributed by atoms with E-state index in [0.717, 1.165) is 33.5 Å². The van der Waals surface area contributed by atoms with Crippen LogP contribution >= 0.6 is 0 Å². The van der Waals surface area contributed by atoms with E-state index in [1.807, 2.05) is 60.8 Å². The molecular weight excluding hydrogens is 350 g/mol. The Morgan fingerprint density at radius 2 is 1.68 bits per heavy atom. The predicted octanol–water partition coefficient (Wildman–Crippen LogP) is 5.07. The van der Waals surface area contributed by atoms with Crippen LogP contribution in [0.15, 0.2) is 79.0 Å². The van der Waals surface area contributed by atoms with Crippen molar-refractivity contribution in [2.45, 2.75) is 0 Å². The van der Waals surface area contributed by atoms with E-state index < -0.39 is 0 Å². The number of nitrogens with zero attached hydrogens (tertiary/aromatic N) is 2. The van der Waals surface area contributed by atoms with Crippen molar-refractivity contribution in [3.63, 3.8) is 0 Å². The summed E-state index contributed by atoms with van der Waals surface area (Å²) in [7, 11) is 1.66. The van der Waals surface area contributed by atoms with Gasteiger partial charge in [0.05, 0.1) is 12.1 Å². The van der Waals surface area contributed by atoms with Gasteiger partial charge < -0.3 is 14.8 Å². The standard InChI is InChI=1S/C23H21N3O2/c1-27-14-15-28-20-12-10-19(11-13-20)25-23-24-16-18-8-5-9-21(22(18)26-23)17-6-3-2-4-7-17/h2-13,16H,14-15H2,1H3,(H,24,25,26). The summed E-state index contributed by atoms with van der Waals surface area (Å²) in [6.45, 7) is 1.09. The number of rotatable bonds is 7. The molecule has 0 bridgehead atoms. The van der Waals surface area contributed by atoms with Gasteiger partial charge in [0, 0.05) is 29.9 Å². The van der Waals surface area contributed by atoms with Crippen molar-refractivity contribution >= 4 is 22.5 Å². The third-order valence-corrected chi connectivity index (χ3v) is 4.36. The molecule has 0 fully saturated rings. The van der Waals surface area contributed by atoms with Crippen LogP contribution in [0.2, 0.25) is 0 Å². The van der Waals surface area contributed by atoms with Gasteiger partial charge >= 0.3 is 0 Å². The number of ether oxygens (including phenoxy) is 2. The molecule has 0 atom stereocenters. The first kappa shape index (κ1) is 17.9. The van der Waals surface area contributed by atoms with E-state index in [0.29, 0.717) is 19.2 Å². The Bertz CT molecular complexity index is 1050. The molecule has 1 aromatic heterocycles. The molecule has 0 saturated carbocycles. The lowest BCUT2D eigenvalue weighted by atomic mass is 10.0. The van der Waals surface area contributed by atoms with E-state index in [2.05, 4.69) is 28.5 Å². The van der Waals surface area contributed by atoms with Crippen LogP contribution in [0.1, 0.15) is 0 Å². The number of fused-ring (bicyclic) bond motifs is 1. The monoisotopic (exact) mass is 371 g/mol. The molecule has 5 heteroatoms. The van der Waals surface area contributed by atoms with Crippen molar-refractivity contribution in [1.29, 1.82) is 0 Å². The first-order valence-electron chi connectivity index (χ1n) is 9.13. The lowest BCUT2D eigenvalue weighted by Crippen LogP contribution is -2.04. The van der Waals surface area contributed by atoms with Crippen LogP contribution in [0.3, 0.4) is 0 Å². The first-order chi connectivity index (χ1) is 13.8. The third kappa shape index (κ3) is 4.10. The highest BCUT2D eigenvalue weighted by molar-refractivity contribution is 5.93. The fourth-order valence-corrected chi connectivity index (χ4v) is 2.97. The zero-order chi connectivity index (χ0) is 19.2. The van der Waals surface area contributed by atoms with Crippen LogP contribution in [-0.2, 0) is 4.74 Å². The average Bonchev–Trinajstić information content (AvgIpc) is 2.75. The third-order valence-electron chi connectivity index (χ3n) is 4.36. The minimum absolute atomic E-state index is 0.527. The molecule has 0 unspecified atom stereocenters. The molecular formula is C23H21N3O2. The van der Waals surface area contributed by atoms with Crippen LogP contribution in [0.4, 0.5) is 11.6 Å². The maximum atomic E-state index is 5.59. The minimum Gasteiger partial charge on any atom is -0.491 e. The highest BCUT2D eigenvalue weighted by atomic mass is 16.5. The molecule has 0 aliphatic carbocycles. The summed E-state index contributed by atoms with van der Waals surface area (Å²) in [6, 6.07) is 24.1. The number of aromatic nitrogens is 2. The molecule has 5 nitrogen and oxygen atoms in total. The quantitative estimate of drug-likeness (QED) is 0.460. The molecule has 3 aromatic carbocycles. The second-order valence-corrected chi connectivity index (χ2v) is 6.29. The van der Waals surface area contributed by atoms with Gasteiger partial charge in [-0.05, 0) is 29.8 Å². The minimum atomic E-state index is 0.527. The smallest absolute Gasteiger partial charge is 0.227 e. The molecule has 4 aromatic rings. The topological polar surface area (TPSA) is 56.3 Å². The Hall–Kier alpha value is -3.44. The molecule has 4 rings (SSSR count). The SMILES string of the molecule is COCCOc1ccc(Nc2ncc3cccc(-c4ccccc4)c3n2)cc1. The van der Waals surface area contributed by atoms with Crippen LogP contribution in [0.25, 0.3) is 22.0 Å². The van der Waals surface area contributed by atoms with Gasteiger partial charge in [0.1, 0.15) is 12.4 Å². The Labute approximate surface area is 164 Å². The lowest BCUT2D eigenvalue weighted by molar-refractivity contribution is 0.146. The highest BCUT2D eigenvalue weighted by Gasteiger charge is 2.07. The number of hydrogen-bond donors (Lipinski definition) is 1. The summed E-state index contributed by atoms with van der Waals surface area (Å²) in [5.41, 5.74) is 4.04. The second kappa shape index (κ2) is 8.50. The molecule has 28 heavy (non-hydrogen) atoms. The summed E-state index contributed by atoms with van der Waals surface area (Å²) in [6.07, 6.45) is 1.85. The van der Waals surface area contributed by atoms with Gasteiger partial charge in [0.25, 0.3) is 0 Å². The van der Waals surface area contributed by atoms with Crippen molar-refractivity contribution in [1.82, 2.24) is 9.97 Å². The number of methoxy groups -OCH3 is 1. The summed E-state index contributed by atoms with van der Waals surface area (Å²) >= 11 is 0. The van der Waals surface area contributed by atoms with Gasteiger partial charge in [-0.2, -0.15) is 0 Å². The zero-order valence-corrected chi connectivity index (χ0v) is 15.6. The Balaban J connectivity index is 1.58. The molecule has 0 spiro atoms. The fourth-order valence-electron chi connectivity index (χ4n) is 2.97. The van der Waals surface area contributed by atoms with Crippen molar-refractivity contribution in [3.05, 3.63) is 79.0 Å². The maximum absolute atomic E-state index is 5.59. The molecule has 0 aliphatic rings. The zero-order valence-electron chi connectivity index (χ0n) is 15.6. The summed E-state index contributed by atoms with van der Waals surface area (Å²) in [4.78, 5) is 9.21. The van der Waals surface area contributed by atoms with E-state index in [4.69, 9.17) is 14.5 Å². The largest absolute Gasteiger partial charge is 0.491 e. The van der Waals surface area contributed by atoms with Gasteiger partial charge in [0.15, 0.2) is 0 Å². The van der Waals surface area contributed by atoms with Crippen molar-refractivity contribution in [2.75, 3.05) is 25.6 Å². The van der Waals surface area contributed by atoms with Gasteiger partial charge in [0.2, 0.25) is 5.95 Å². The first-order valence-corrected chi connectivity index (χ1v) is 9.13. The summed E-state index contributed by atoms with van der Waals surface area (Å²) in [5, 5.41) is 4.27. The number of benzene rings is 3. The van der Waals surface area contributed by atoms with E-state index in [-0.39, 0.29) is 0 Å². The van der Waals surface area contributed by atoms with Crippen LogP contribution in [0.5, 0.6) is 5.75 Å².